The normalized spacial score (nSPS) is 12.7. The Hall–Kier alpha value is -1.66. The minimum absolute atomic E-state index is 0.00934. The number of hydrogen-bond donors (Lipinski definition) is 3. The number of nitrogens with one attached hydrogen (secondary N) is 1. The standard InChI is InChI=1S/C59H113NO5/c1-3-5-7-9-11-13-15-17-18-19-20-21-22-24-28-31-35-39-43-47-51-57(62)56(55-61)60-58(63)52-48-44-40-36-32-29-25-23-26-30-34-38-42-46-50-54-65-59(64)53-49-45-41-37-33-27-16-14-12-10-8-6-4-2/h14,16,47,51,56-57,61-62H,3-13,15,17-46,48-50,52-55H2,1-2H3,(H,60,63)/b16-14-,51-47+. The van der Waals surface area contributed by atoms with E-state index in [-0.39, 0.29) is 18.5 Å². The van der Waals surface area contributed by atoms with Crippen molar-refractivity contribution in [3.63, 3.8) is 0 Å². The van der Waals surface area contributed by atoms with Crippen molar-refractivity contribution >= 4 is 11.9 Å². The molecule has 0 aliphatic rings. The van der Waals surface area contributed by atoms with Gasteiger partial charge in [-0.15, -0.1) is 0 Å². The zero-order valence-corrected chi connectivity index (χ0v) is 43.7. The summed E-state index contributed by atoms with van der Waals surface area (Å²) in [5, 5.41) is 23.2. The Morgan fingerprint density at radius 3 is 1.11 bits per heavy atom. The minimum atomic E-state index is -0.851. The number of allylic oxidation sites excluding steroid dienone is 3. The van der Waals surface area contributed by atoms with Crippen LogP contribution >= 0.6 is 0 Å². The molecule has 65 heavy (non-hydrogen) atoms. The van der Waals surface area contributed by atoms with E-state index in [0.29, 0.717) is 19.4 Å². The van der Waals surface area contributed by atoms with Crippen LogP contribution in [0.4, 0.5) is 0 Å². The molecule has 6 nitrogen and oxygen atoms in total. The zero-order valence-electron chi connectivity index (χ0n) is 43.7. The maximum atomic E-state index is 12.5. The van der Waals surface area contributed by atoms with Crippen molar-refractivity contribution in [2.45, 2.75) is 328 Å². The van der Waals surface area contributed by atoms with Crippen LogP contribution < -0.4 is 5.32 Å². The fourth-order valence-corrected chi connectivity index (χ4v) is 8.98. The first kappa shape index (κ1) is 63.3. The van der Waals surface area contributed by atoms with Gasteiger partial charge in [0.25, 0.3) is 0 Å². The lowest BCUT2D eigenvalue weighted by atomic mass is 10.0. The monoisotopic (exact) mass is 916 g/mol. The van der Waals surface area contributed by atoms with Gasteiger partial charge >= 0.3 is 5.97 Å². The predicted molar refractivity (Wildman–Crippen MR) is 283 cm³/mol. The third-order valence-electron chi connectivity index (χ3n) is 13.5. The molecule has 2 unspecified atom stereocenters. The second kappa shape index (κ2) is 54.9. The highest BCUT2D eigenvalue weighted by Crippen LogP contribution is 2.17. The number of ether oxygens (including phenoxy) is 1. The molecule has 0 rings (SSSR count). The first-order chi connectivity index (χ1) is 32.0. The lowest BCUT2D eigenvalue weighted by molar-refractivity contribution is -0.143. The van der Waals surface area contributed by atoms with E-state index in [1.165, 1.54) is 238 Å². The van der Waals surface area contributed by atoms with Crippen LogP contribution in [-0.4, -0.2) is 47.4 Å². The van der Waals surface area contributed by atoms with Crippen molar-refractivity contribution in [2.24, 2.45) is 0 Å². The number of aliphatic hydroxyl groups is 2. The third-order valence-corrected chi connectivity index (χ3v) is 13.5. The third kappa shape index (κ3) is 51.6. The topological polar surface area (TPSA) is 95.9 Å². The van der Waals surface area contributed by atoms with Crippen LogP contribution in [0.2, 0.25) is 0 Å². The largest absolute Gasteiger partial charge is 0.466 e. The fraction of sp³-hybridized carbons (Fsp3) is 0.898. The highest BCUT2D eigenvalue weighted by atomic mass is 16.5. The Morgan fingerprint density at radius 2 is 0.723 bits per heavy atom. The maximum Gasteiger partial charge on any atom is 0.305 e. The molecular formula is C59H113NO5. The van der Waals surface area contributed by atoms with Gasteiger partial charge in [-0.2, -0.15) is 0 Å². The number of rotatable bonds is 54. The Morgan fingerprint density at radius 1 is 0.415 bits per heavy atom. The molecule has 0 heterocycles. The van der Waals surface area contributed by atoms with E-state index in [2.05, 4.69) is 31.3 Å². The van der Waals surface area contributed by atoms with Gasteiger partial charge in [-0.1, -0.05) is 269 Å². The average molecular weight is 917 g/mol. The quantitative estimate of drug-likeness (QED) is 0.0321. The molecule has 0 bridgehead atoms. The molecule has 0 saturated heterocycles. The number of aliphatic hydroxyl groups excluding tert-OH is 2. The van der Waals surface area contributed by atoms with Gasteiger partial charge in [0.2, 0.25) is 5.91 Å². The summed E-state index contributed by atoms with van der Waals surface area (Å²) in [6, 6.07) is -0.635. The van der Waals surface area contributed by atoms with E-state index in [1.807, 2.05) is 6.08 Å². The SMILES string of the molecule is CCCCCC/C=C\CCCCCCCC(=O)OCCCCCCCCCCCCCCCCCC(=O)NC(CO)C(O)/C=C/CCCCCCCCCCCCCCCCCCCC. The lowest BCUT2D eigenvalue weighted by Crippen LogP contribution is -2.45. The van der Waals surface area contributed by atoms with Crippen molar-refractivity contribution in [2.75, 3.05) is 13.2 Å². The first-order valence-corrected chi connectivity index (χ1v) is 29.1. The van der Waals surface area contributed by atoms with Gasteiger partial charge in [-0.05, 0) is 57.8 Å². The summed E-state index contributed by atoms with van der Waals surface area (Å²) in [7, 11) is 0. The molecule has 0 aromatic heterocycles. The molecule has 384 valence electrons. The van der Waals surface area contributed by atoms with Gasteiger partial charge < -0.3 is 20.3 Å². The van der Waals surface area contributed by atoms with E-state index in [1.54, 1.807) is 6.08 Å². The molecule has 0 aliphatic carbocycles. The molecule has 0 saturated carbocycles. The molecule has 0 radical (unpaired) electrons. The van der Waals surface area contributed by atoms with Gasteiger partial charge in [0.05, 0.1) is 25.4 Å². The van der Waals surface area contributed by atoms with Crippen molar-refractivity contribution < 1.29 is 24.5 Å². The van der Waals surface area contributed by atoms with Gasteiger partial charge in [-0.25, -0.2) is 0 Å². The molecule has 0 aromatic rings. The van der Waals surface area contributed by atoms with Crippen molar-refractivity contribution in [1.82, 2.24) is 5.32 Å². The molecule has 2 atom stereocenters. The van der Waals surface area contributed by atoms with Crippen LogP contribution in [0, 0.1) is 0 Å². The van der Waals surface area contributed by atoms with Crippen LogP contribution in [-0.2, 0) is 14.3 Å². The Balaban J connectivity index is 3.47. The van der Waals surface area contributed by atoms with Crippen LogP contribution in [0.15, 0.2) is 24.3 Å². The second-order valence-electron chi connectivity index (χ2n) is 20.0. The van der Waals surface area contributed by atoms with Gasteiger partial charge in [-0.3, -0.25) is 9.59 Å². The number of carbonyl (C=O) groups is 2. The molecule has 0 spiro atoms. The lowest BCUT2D eigenvalue weighted by Gasteiger charge is -2.20. The minimum Gasteiger partial charge on any atom is -0.466 e. The number of esters is 1. The highest BCUT2D eigenvalue weighted by Gasteiger charge is 2.18. The van der Waals surface area contributed by atoms with Gasteiger partial charge in [0.1, 0.15) is 0 Å². The Bertz CT molecular complexity index is 1010. The number of hydrogen-bond acceptors (Lipinski definition) is 5. The Labute approximate surface area is 405 Å². The summed E-state index contributed by atoms with van der Waals surface area (Å²) in [6.07, 6.45) is 66.2. The molecule has 3 N–H and O–H groups in total. The molecule has 0 aliphatic heterocycles. The molecule has 0 aromatic carbocycles. The van der Waals surface area contributed by atoms with Crippen LogP contribution in [0.5, 0.6) is 0 Å². The highest BCUT2D eigenvalue weighted by molar-refractivity contribution is 5.76. The zero-order chi connectivity index (χ0) is 47.2. The van der Waals surface area contributed by atoms with E-state index in [4.69, 9.17) is 4.74 Å². The summed E-state index contributed by atoms with van der Waals surface area (Å²) in [6.45, 7) is 4.88. The van der Waals surface area contributed by atoms with E-state index >= 15 is 0 Å². The first-order valence-electron chi connectivity index (χ1n) is 29.1. The number of carbonyl (C=O) groups excluding carboxylic acids is 2. The summed E-state index contributed by atoms with van der Waals surface area (Å²) < 4.78 is 5.46. The summed E-state index contributed by atoms with van der Waals surface area (Å²) >= 11 is 0. The predicted octanol–water partition coefficient (Wildman–Crippen LogP) is 17.9. The van der Waals surface area contributed by atoms with Crippen LogP contribution in [0.3, 0.4) is 0 Å². The average Bonchev–Trinajstić information content (AvgIpc) is 3.31. The summed E-state index contributed by atoms with van der Waals surface area (Å²) in [5.41, 5.74) is 0. The number of amides is 1. The van der Waals surface area contributed by atoms with E-state index in [0.717, 1.165) is 51.4 Å². The second-order valence-corrected chi connectivity index (χ2v) is 20.0. The van der Waals surface area contributed by atoms with Gasteiger partial charge in [0, 0.05) is 12.8 Å². The smallest absolute Gasteiger partial charge is 0.305 e. The molecular weight excluding hydrogens is 803 g/mol. The summed E-state index contributed by atoms with van der Waals surface area (Å²) in [4.78, 5) is 24.5. The molecule has 0 fully saturated rings. The maximum absolute atomic E-state index is 12.5. The number of unbranched alkanes of at least 4 members (excludes halogenated alkanes) is 41. The molecule has 6 heteroatoms. The fourth-order valence-electron chi connectivity index (χ4n) is 8.98. The van der Waals surface area contributed by atoms with Crippen molar-refractivity contribution in [3.05, 3.63) is 24.3 Å². The Kier molecular flexibility index (Phi) is 53.5. The molecule has 1 amide bonds. The van der Waals surface area contributed by atoms with Gasteiger partial charge in [0.15, 0.2) is 0 Å². The van der Waals surface area contributed by atoms with Crippen molar-refractivity contribution in [1.29, 1.82) is 0 Å². The van der Waals surface area contributed by atoms with Crippen LogP contribution in [0.1, 0.15) is 316 Å². The van der Waals surface area contributed by atoms with E-state index in [9.17, 15) is 19.8 Å². The van der Waals surface area contributed by atoms with Crippen molar-refractivity contribution in [3.8, 4) is 0 Å². The van der Waals surface area contributed by atoms with Crippen LogP contribution in [0.25, 0.3) is 0 Å². The summed E-state index contributed by atoms with van der Waals surface area (Å²) in [5.74, 6) is -0.0836. The van der Waals surface area contributed by atoms with E-state index < -0.39 is 12.1 Å².